The van der Waals surface area contributed by atoms with Crippen molar-refractivity contribution in [3.8, 4) is 0 Å². The maximum absolute atomic E-state index is 13.0. The van der Waals surface area contributed by atoms with Crippen LogP contribution in [0.2, 0.25) is 0 Å². The lowest BCUT2D eigenvalue weighted by Crippen LogP contribution is -2.49. The number of nitrogens with zero attached hydrogens (tertiary/aromatic N) is 2. The Morgan fingerprint density at radius 1 is 1.11 bits per heavy atom. The Labute approximate surface area is 177 Å². The molecule has 3 aliphatic rings. The number of ether oxygens (including phenoxy) is 1. The summed E-state index contributed by atoms with van der Waals surface area (Å²) in [5.74, 6) is 1.73. The van der Waals surface area contributed by atoms with Crippen LogP contribution in [0.3, 0.4) is 0 Å². The number of amides is 1. The highest BCUT2D eigenvalue weighted by atomic mass is 35.5. The SMILES string of the molecule is CCN(CC)CCOC1CCN(C(=O)C2CC3CCCC(C2)C3N)C1.Cl.Cl. The Morgan fingerprint density at radius 3 is 2.33 bits per heavy atom. The van der Waals surface area contributed by atoms with Gasteiger partial charge in [0.1, 0.15) is 0 Å². The van der Waals surface area contributed by atoms with Crippen molar-refractivity contribution in [2.45, 2.75) is 64.5 Å². The molecule has 3 unspecified atom stereocenters. The van der Waals surface area contributed by atoms with Crippen LogP contribution in [-0.2, 0) is 9.53 Å². The molecule has 0 aromatic heterocycles. The molecule has 27 heavy (non-hydrogen) atoms. The second kappa shape index (κ2) is 11.8. The summed E-state index contributed by atoms with van der Waals surface area (Å²) >= 11 is 0. The zero-order valence-corrected chi connectivity index (χ0v) is 18.6. The molecule has 5 nitrogen and oxygen atoms in total. The van der Waals surface area contributed by atoms with Crippen molar-refractivity contribution in [1.29, 1.82) is 0 Å². The van der Waals surface area contributed by atoms with Gasteiger partial charge in [-0.1, -0.05) is 20.3 Å². The summed E-state index contributed by atoms with van der Waals surface area (Å²) in [6.45, 7) is 9.93. The third kappa shape index (κ3) is 6.20. The minimum atomic E-state index is 0. The Balaban J connectivity index is 0.00000182. The standard InChI is InChI=1S/C20H37N3O2.2ClH/c1-3-22(4-2)10-11-25-18-8-9-23(14-18)20(24)17-12-15-6-5-7-16(13-17)19(15)21;;/h15-19H,3-14,21H2,1-2H3;2*1H. The predicted octanol–water partition coefficient (Wildman–Crippen LogP) is 2.94. The average Bonchev–Trinajstić information content (AvgIpc) is 3.07. The number of hydrogen-bond acceptors (Lipinski definition) is 4. The molecule has 2 N–H and O–H groups in total. The molecule has 2 aliphatic carbocycles. The highest BCUT2D eigenvalue weighted by Crippen LogP contribution is 2.42. The summed E-state index contributed by atoms with van der Waals surface area (Å²) < 4.78 is 6.04. The number of carbonyl (C=O) groups is 1. The molecular formula is C20H39Cl2N3O2. The largest absolute Gasteiger partial charge is 0.375 e. The Kier molecular flexibility index (Phi) is 10.9. The van der Waals surface area contributed by atoms with Crippen LogP contribution in [0, 0.1) is 17.8 Å². The lowest BCUT2D eigenvalue weighted by molar-refractivity contribution is -0.138. The lowest BCUT2D eigenvalue weighted by Gasteiger charge is -2.44. The van der Waals surface area contributed by atoms with Crippen molar-refractivity contribution in [2.24, 2.45) is 23.5 Å². The van der Waals surface area contributed by atoms with Crippen LogP contribution >= 0.6 is 24.8 Å². The number of fused-ring (bicyclic) bond motifs is 2. The molecule has 1 amide bonds. The predicted molar refractivity (Wildman–Crippen MR) is 115 cm³/mol. The molecule has 0 aromatic carbocycles. The monoisotopic (exact) mass is 423 g/mol. The molecule has 0 radical (unpaired) electrons. The summed E-state index contributed by atoms with van der Waals surface area (Å²) in [6, 6.07) is 0.340. The minimum Gasteiger partial charge on any atom is -0.375 e. The number of nitrogens with two attached hydrogens (primary N) is 1. The first-order chi connectivity index (χ1) is 12.1. The normalized spacial score (nSPS) is 32.7. The van der Waals surface area contributed by atoms with E-state index >= 15 is 0 Å². The molecule has 160 valence electrons. The summed E-state index contributed by atoms with van der Waals surface area (Å²) in [6.07, 6.45) is 6.99. The van der Waals surface area contributed by atoms with Gasteiger partial charge in [-0.2, -0.15) is 0 Å². The fourth-order valence-corrected chi connectivity index (χ4v) is 5.20. The quantitative estimate of drug-likeness (QED) is 0.683. The molecule has 3 fully saturated rings. The highest BCUT2D eigenvalue weighted by Gasteiger charge is 2.42. The van der Waals surface area contributed by atoms with E-state index < -0.39 is 0 Å². The molecular weight excluding hydrogens is 385 g/mol. The van der Waals surface area contributed by atoms with E-state index in [0.29, 0.717) is 23.8 Å². The van der Waals surface area contributed by atoms with E-state index in [1.807, 2.05) is 0 Å². The Hall–Kier alpha value is -0.0700. The van der Waals surface area contributed by atoms with E-state index in [0.717, 1.165) is 58.6 Å². The van der Waals surface area contributed by atoms with E-state index in [1.165, 1.54) is 19.3 Å². The molecule has 0 aromatic rings. The first-order valence-corrected chi connectivity index (χ1v) is 10.5. The van der Waals surface area contributed by atoms with Gasteiger partial charge in [0.05, 0.1) is 12.7 Å². The van der Waals surface area contributed by atoms with Crippen molar-refractivity contribution in [3.05, 3.63) is 0 Å². The topological polar surface area (TPSA) is 58.8 Å². The summed E-state index contributed by atoms with van der Waals surface area (Å²) in [5.41, 5.74) is 6.38. The number of hydrogen-bond donors (Lipinski definition) is 1. The van der Waals surface area contributed by atoms with Gasteiger partial charge in [-0.05, 0) is 57.0 Å². The first-order valence-electron chi connectivity index (χ1n) is 10.5. The zero-order valence-electron chi connectivity index (χ0n) is 17.0. The van der Waals surface area contributed by atoms with Crippen molar-refractivity contribution >= 4 is 30.7 Å². The molecule has 7 heteroatoms. The molecule has 0 spiro atoms. The summed E-state index contributed by atoms with van der Waals surface area (Å²) in [4.78, 5) is 17.4. The van der Waals surface area contributed by atoms with E-state index in [9.17, 15) is 4.79 Å². The summed E-state index contributed by atoms with van der Waals surface area (Å²) in [7, 11) is 0. The molecule has 2 bridgehead atoms. The van der Waals surface area contributed by atoms with Crippen LogP contribution in [-0.4, -0.2) is 67.2 Å². The fourth-order valence-electron chi connectivity index (χ4n) is 5.20. The number of likely N-dealkylation sites (tertiary alicyclic amines) is 1. The van der Waals surface area contributed by atoms with Crippen LogP contribution < -0.4 is 5.73 Å². The zero-order chi connectivity index (χ0) is 17.8. The van der Waals surface area contributed by atoms with E-state index in [1.54, 1.807) is 0 Å². The highest BCUT2D eigenvalue weighted by molar-refractivity contribution is 5.85. The van der Waals surface area contributed by atoms with Gasteiger partial charge in [-0.3, -0.25) is 4.79 Å². The van der Waals surface area contributed by atoms with E-state index in [4.69, 9.17) is 10.5 Å². The van der Waals surface area contributed by atoms with Gasteiger partial charge >= 0.3 is 0 Å². The second-order valence-electron chi connectivity index (χ2n) is 8.29. The summed E-state index contributed by atoms with van der Waals surface area (Å²) in [5, 5.41) is 0. The molecule has 1 heterocycles. The Bertz CT molecular complexity index is 437. The second-order valence-corrected chi connectivity index (χ2v) is 8.29. The molecule has 2 saturated carbocycles. The Morgan fingerprint density at radius 2 is 1.74 bits per heavy atom. The third-order valence-electron chi connectivity index (χ3n) is 6.87. The maximum Gasteiger partial charge on any atom is 0.225 e. The number of likely N-dealkylation sites (N-methyl/N-ethyl adjacent to an activating group) is 1. The van der Waals surface area contributed by atoms with Crippen molar-refractivity contribution < 1.29 is 9.53 Å². The van der Waals surface area contributed by atoms with Crippen LogP contribution in [0.25, 0.3) is 0 Å². The van der Waals surface area contributed by atoms with E-state index in [2.05, 4.69) is 23.6 Å². The van der Waals surface area contributed by atoms with Crippen LogP contribution in [0.5, 0.6) is 0 Å². The first kappa shape index (κ1) is 25.0. The number of rotatable bonds is 7. The van der Waals surface area contributed by atoms with Gasteiger partial charge < -0.3 is 20.3 Å². The number of carbonyl (C=O) groups excluding carboxylic acids is 1. The van der Waals surface area contributed by atoms with Gasteiger partial charge in [0.2, 0.25) is 5.91 Å². The van der Waals surface area contributed by atoms with Crippen LogP contribution in [0.1, 0.15) is 52.4 Å². The molecule has 1 saturated heterocycles. The molecule has 3 rings (SSSR count). The fraction of sp³-hybridized carbons (Fsp3) is 0.950. The van der Waals surface area contributed by atoms with Crippen molar-refractivity contribution in [2.75, 3.05) is 39.3 Å². The minimum absolute atomic E-state index is 0. The van der Waals surface area contributed by atoms with Gasteiger partial charge in [-0.15, -0.1) is 24.8 Å². The van der Waals surface area contributed by atoms with Gasteiger partial charge in [0, 0.05) is 31.6 Å². The maximum atomic E-state index is 13.0. The van der Waals surface area contributed by atoms with Gasteiger partial charge in [0.25, 0.3) is 0 Å². The van der Waals surface area contributed by atoms with E-state index in [-0.39, 0.29) is 36.8 Å². The van der Waals surface area contributed by atoms with Crippen LogP contribution in [0.4, 0.5) is 0 Å². The third-order valence-corrected chi connectivity index (χ3v) is 6.87. The van der Waals surface area contributed by atoms with Crippen molar-refractivity contribution in [3.63, 3.8) is 0 Å². The van der Waals surface area contributed by atoms with Gasteiger partial charge in [-0.25, -0.2) is 0 Å². The molecule has 3 atom stereocenters. The number of halogens is 2. The smallest absolute Gasteiger partial charge is 0.225 e. The van der Waals surface area contributed by atoms with Crippen molar-refractivity contribution in [1.82, 2.24) is 9.80 Å². The molecule has 1 aliphatic heterocycles. The lowest BCUT2D eigenvalue weighted by atomic mass is 9.65. The average molecular weight is 424 g/mol. The van der Waals surface area contributed by atoms with Gasteiger partial charge in [0.15, 0.2) is 0 Å². The van der Waals surface area contributed by atoms with Crippen LogP contribution in [0.15, 0.2) is 0 Å².